The Kier molecular flexibility index (Phi) is 26.9. The van der Waals surface area contributed by atoms with Crippen LogP contribution in [0.3, 0.4) is 0 Å². The van der Waals surface area contributed by atoms with Gasteiger partial charge in [-0.15, -0.1) is 12.6 Å². The van der Waals surface area contributed by atoms with Crippen molar-refractivity contribution in [3.63, 3.8) is 0 Å². The van der Waals surface area contributed by atoms with Gasteiger partial charge in [-0.05, 0) is 0 Å². The van der Waals surface area contributed by atoms with E-state index < -0.39 is 30.3 Å². The SMILES string of the molecule is O=[C]C(=O)NC(=S)[S-].O=[C]C(=O)NC(=S)[S-].S=C(S)NN1CCOCC1.[O]=[Mo+2]=[O]. The number of thiocarbonyl (C=S) groups is 3. The molecule has 11 nitrogen and oxygen atoms in total. The van der Waals surface area contributed by atoms with E-state index in [1.54, 1.807) is 0 Å². The molecule has 0 unspecified atom stereocenters. The van der Waals surface area contributed by atoms with E-state index in [0.29, 0.717) is 4.32 Å². The van der Waals surface area contributed by atoms with Crippen LogP contribution in [0.25, 0.3) is 0 Å². The predicted molar refractivity (Wildman–Crippen MR) is 116 cm³/mol. The number of morpholine rings is 1. The molecule has 0 aliphatic carbocycles. The van der Waals surface area contributed by atoms with Crippen LogP contribution in [0.5, 0.6) is 0 Å². The van der Waals surface area contributed by atoms with E-state index in [2.05, 4.69) is 67.7 Å². The third-order valence-corrected chi connectivity index (χ3v) is 2.48. The molecule has 0 aromatic rings. The molecule has 1 heterocycles. The molecule has 18 heteroatoms. The molecule has 1 saturated heterocycles. The second-order valence-electron chi connectivity index (χ2n) is 3.77. The first-order valence-electron chi connectivity index (χ1n) is 6.58. The molecule has 1 rings (SSSR count). The molecular formula is C11H12MoN4O7S6. The molecule has 1 fully saturated rings. The van der Waals surface area contributed by atoms with E-state index in [9.17, 15) is 19.2 Å². The molecule has 1 aliphatic rings. The van der Waals surface area contributed by atoms with Crippen LogP contribution >= 0.6 is 49.3 Å². The number of nitrogens with one attached hydrogen (secondary N) is 3. The zero-order valence-electron chi connectivity index (χ0n) is 14.0. The summed E-state index contributed by atoms with van der Waals surface area (Å²) in [6.07, 6.45) is 2.08. The summed E-state index contributed by atoms with van der Waals surface area (Å²) in [5, 5.41) is 5.75. The molecule has 2 radical (unpaired) electrons. The number of hydrogen-bond donors (Lipinski definition) is 4. The van der Waals surface area contributed by atoms with Gasteiger partial charge in [0.15, 0.2) is 0 Å². The van der Waals surface area contributed by atoms with Crippen molar-refractivity contribution >= 4 is 112 Å². The van der Waals surface area contributed by atoms with Crippen molar-refractivity contribution in [2.75, 3.05) is 26.3 Å². The van der Waals surface area contributed by atoms with Crippen molar-refractivity contribution in [1.82, 2.24) is 21.1 Å². The van der Waals surface area contributed by atoms with Crippen molar-refractivity contribution in [3.8, 4) is 0 Å². The normalized spacial score (nSPS) is 11.5. The second kappa shape index (κ2) is 23.6. The summed E-state index contributed by atoms with van der Waals surface area (Å²) in [6.45, 7) is 3.29. The maximum absolute atomic E-state index is 9.93. The quantitative estimate of drug-likeness (QED) is 0.0920. The number of carbonyl (C=O) groups is 2. The van der Waals surface area contributed by atoms with Gasteiger partial charge in [-0.25, -0.2) is 5.01 Å². The zero-order valence-corrected chi connectivity index (χ0v) is 21.0. The van der Waals surface area contributed by atoms with E-state index in [-0.39, 0.29) is 8.64 Å². The summed E-state index contributed by atoms with van der Waals surface area (Å²) in [7, 11) is 0. The Morgan fingerprint density at radius 1 is 0.966 bits per heavy atom. The maximum atomic E-state index is 9.93. The fourth-order valence-electron chi connectivity index (χ4n) is 1.05. The van der Waals surface area contributed by atoms with Gasteiger partial charge in [0.25, 0.3) is 24.4 Å². The Balaban J connectivity index is -0.000000330. The first-order chi connectivity index (χ1) is 13.5. The molecule has 0 aromatic carbocycles. The van der Waals surface area contributed by atoms with Crippen molar-refractivity contribution in [3.05, 3.63) is 0 Å². The number of nitrogens with zero attached hydrogens (tertiary/aromatic N) is 1. The van der Waals surface area contributed by atoms with Crippen molar-refractivity contribution in [1.29, 1.82) is 0 Å². The fraction of sp³-hybridized carbons (Fsp3) is 0.364. The minimum absolute atomic E-state index is 0.140. The monoisotopic (exact) mass is 602 g/mol. The Morgan fingerprint density at radius 3 is 1.52 bits per heavy atom. The number of hydrogen-bond acceptors (Lipinski definition) is 13. The Morgan fingerprint density at radius 2 is 1.31 bits per heavy atom. The average Bonchev–Trinajstić information content (AvgIpc) is 2.62. The average molecular weight is 601 g/mol. The van der Waals surface area contributed by atoms with E-state index in [0.717, 1.165) is 38.9 Å². The molecule has 1 aliphatic heterocycles. The summed E-state index contributed by atoms with van der Waals surface area (Å²) in [5.74, 6) is -1.85. The number of carbonyl (C=O) groups excluding carboxylic acids is 4. The van der Waals surface area contributed by atoms with Crippen LogP contribution in [0.2, 0.25) is 0 Å². The van der Waals surface area contributed by atoms with Crippen LogP contribution < -0.4 is 16.1 Å². The fourth-order valence-corrected chi connectivity index (χ4v) is 1.69. The molecule has 0 bridgehead atoms. The third kappa shape index (κ3) is 32.2. The van der Waals surface area contributed by atoms with Gasteiger partial charge < -0.3 is 70.5 Å². The van der Waals surface area contributed by atoms with Crippen LogP contribution in [0.15, 0.2) is 0 Å². The third-order valence-electron chi connectivity index (χ3n) is 1.88. The molecule has 0 aromatic heterocycles. The van der Waals surface area contributed by atoms with Gasteiger partial charge in [-0.1, -0.05) is 20.9 Å². The summed E-state index contributed by atoms with van der Waals surface area (Å²) >= 11 is 23.6. The van der Waals surface area contributed by atoms with Crippen molar-refractivity contribution < 1.29 is 49.2 Å². The minimum atomic E-state index is -2.03. The second-order valence-corrected chi connectivity index (χ2v) is 7.41. The standard InChI is InChI=1S/C5H10N2OS2.2C3H2NO2S2.Mo.2O/c9-5(10)6-7-1-3-8-4-2-7;2*5-1-2(6)4-3(7)8;;;/h1-4H2,(H2,6,9,10);2*(H2,4,6,7,8);;;/q;;;+2;;/p-2. The number of thiol groups is 1. The van der Waals surface area contributed by atoms with Crippen LogP contribution in [-0.2, 0) is 74.5 Å². The van der Waals surface area contributed by atoms with Crippen LogP contribution in [0.4, 0.5) is 0 Å². The molecule has 0 spiro atoms. The van der Waals surface area contributed by atoms with E-state index in [4.69, 9.17) is 23.7 Å². The van der Waals surface area contributed by atoms with Gasteiger partial charge in [-0.2, -0.15) is 0 Å². The van der Waals surface area contributed by atoms with Crippen LogP contribution in [0, 0.1) is 0 Å². The Bertz CT molecular complexity index is 595. The van der Waals surface area contributed by atoms with Gasteiger partial charge in [-0.3, -0.25) is 19.2 Å². The molecular weight excluding hydrogens is 588 g/mol. The Hall–Kier alpha value is -0.652. The first kappa shape index (κ1) is 33.0. The van der Waals surface area contributed by atoms with E-state index in [1.165, 1.54) is 0 Å². The summed E-state index contributed by atoms with van der Waals surface area (Å²) < 4.78 is 22.4. The van der Waals surface area contributed by atoms with Gasteiger partial charge in [0.05, 0.1) is 13.2 Å². The number of hydrazine groups is 1. The van der Waals surface area contributed by atoms with Crippen molar-refractivity contribution in [2.45, 2.75) is 0 Å². The molecule has 2 amide bonds. The topological polar surface area (TPSA) is 151 Å². The summed E-state index contributed by atoms with van der Waals surface area (Å²) in [6, 6.07) is 0. The molecule has 0 atom stereocenters. The number of ether oxygens (including phenoxy) is 1. The van der Waals surface area contributed by atoms with Gasteiger partial charge in [0.2, 0.25) is 0 Å². The first-order valence-corrected chi connectivity index (χ1v) is 10.7. The summed E-state index contributed by atoms with van der Waals surface area (Å²) in [5.41, 5.74) is 2.93. The van der Waals surface area contributed by atoms with Crippen LogP contribution in [0.1, 0.15) is 0 Å². The molecule has 3 N–H and O–H groups in total. The van der Waals surface area contributed by atoms with Crippen LogP contribution in [-0.4, -0.2) is 68.7 Å². The molecule has 29 heavy (non-hydrogen) atoms. The Labute approximate surface area is 207 Å². The van der Waals surface area contributed by atoms with Gasteiger partial charge >= 0.3 is 25.3 Å². The van der Waals surface area contributed by atoms with E-state index in [1.807, 2.05) is 15.6 Å². The summed E-state index contributed by atoms with van der Waals surface area (Å²) in [4.78, 5) is 38.7. The van der Waals surface area contributed by atoms with Gasteiger partial charge in [0.1, 0.15) is 4.32 Å². The van der Waals surface area contributed by atoms with Gasteiger partial charge in [0, 0.05) is 13.1 Å². The number of rotatable bonds is 3. The predicted octanol–water partition coefficient (Wildman–Crippen LogP) is -2.11. The molecule has 0 saturated carbocycles. The van der Waals surface area contributed by atoms with E-state index >= 15 is 0 Å². The zero-order chi connectivity index (χ0) is 23.2. The van der Waals surface area contributed by atoms with Crippen molar-refractivity contribution in [2.24, 2.45) is 0 Å². The molecule has 160 valence electrons. The number of amides is 2.